The maximum absolute atomic E-state index is 12.2. The van der Waals surface area contributed by atoms with Crippen molar-refractivity contribution in [1.82, 2.24) is 5.32 Å². The summed E-state index contributed by atoms with van der Waals surface area (Å²) in [5.41, 5.74) is 2.77. The SMILES string of the molecule is Cc1ccc(CNC(=O)[C@@H](C)OC(=O)c2cccc(CS(C)(=O)=O)c2)cc1. The zero-order chi connectivity index (χ0) is 20.0. The maximum Gasteiger partial charge on any atom is 0.338 e. The molecule has 27 heavy (non-hydrogen) atoms. The summed E-state index contributed by atoms with van der Waals surface area (Å²) >= 11 is 0. The lowest BCUT2D eigenvalue weighted by Gasteiger charge is -2.14. The highest BCUT2D eigenvalue weighted by Crippen LogP contribution is 2.11. The van der Waals surface area contributed by atoms with Crippen LogP contribution in [0, 0.1) is 6.92 Å². The predicted octanol–water partition coefficient (Wildman–Crippen LogP) is 2.40. The van der Waals surface area contributed by atoms with Gasteiger partial charge in [0, 0.05) is 12.8 Å². The third kappa shape index (κ3) is 6.86. The van der Waals surface area contributed by atoms with E-state index in [-0.39, 0.29) is 11.3 Å². The van der Waals surface area contributed by atoms with Gasteiger partial charge in [-0.15, -0.1) is 0 Å². The number of ether oxygens (including phenoxy) is 1. The topological polar surface area (TPSA) is 89.5 Å². The number of aryl methyl sites for hydroxylation is 1. The van der Waals surface area contributed by atoms with Crippen LogP contribution in [0.5, 0.6) is 0 Å². The van der Waals surface area contributed by atoms with E-state index in [4.69, 9.17) is 4.74 Å². The van der Waals surface area contributed by atoms with Crippen molar-refractivity contribution >= 4 is 21.7 Å². The first-order valence-corrected chi connectivity index (χ1v) is 10.5. The minimum atomic E-state index is -3.21. The highest BCUT2D eigenvalue weighted by molar-refractivity contribution is 7.89. The molecule has 1 amide bonds. The lowest BCUT2D eigenvalue weighted by atomic mass is 10.1. The van der Waals surface area contributed by atoms with Crippen molar-refractivity contribution in [3.63, 3.8) is 0 Å². The average Bonchev–Trinajstić information content (AvgIpc) is 2.59. The number of rotatable bonds is 7. The fourth-order valence-corrected chi connectivity index (χ4v) is 3.20. The van der Waals surface area contributed by atoms with Crippen LogP contribution in [-0.2, 0) is 31.7 Å². The Kier molecular flexibility index (Phi) is 6.74. The molecule has 2 aromatic rings. The van der Waals surface area contributed by atoms with Crippen LogP contribution in [0.25, 0.3) is 0 Å². The molecule has 2 rings (SSSR count). The first kappa shape index (κ1) is 20.6. The van der Waals surface area contributed by atoms with Gasteiger partial charge < -0.3 is 10.1 Å². The lowest BCUT2D eigenvalue weighted by Crippen LogP contribution is -2.35. The van der Waals surface area contributed by atoms with E-state index >= 15 is 0 Å². The first-order valence-electron chi connectivity index (χ1n) is 8.45. The van der Waals surface area contributed by atoms with E-state index in [1.54, 1.807) is 12.1 Å². The Morgan fingerprint density at radius 3 is 2.37 bits per heavy atom. The molecule has 144 valence electrons. The summed E-state index contributed by atoms with van der Waals surface area (Å²) in [4.78, 5) is 24.4. The van der Waals surface area contributed by atoms with Gasteiger partial charge in [0.25, 0.3) is 5.91 Å². The molecule has 0 aliphatic carbocycles. The van der Waals surface area contributed by atoms with Gasteiger partial charge in [-0.2, -0.15) is 0 Å². The number of sulfone groups is 1. The van der Waals surface area contributed by atoms with E-state index in [0.717, 1.165) is 17.4 Å². The molecule has 0 aliphatic heterocycles. The number of nitrogens with one attached hydrogen (secondary N) is 1. The molecule has 0 saturated carbocycles. The summed E-state index contributed by atoms with van der Waals surface area (Å²) < 4.78 is 28.0. The Hall–Kier alpha value is -2.67. The van der Waals surface area contributed by atoms with Gasteiger partial charge in [0.15, 0.2) is 15.9 Å². The molecule has 7 heteroatoms. The third-order valence-corrected chi connectivity index (χ3v) is 4.69. The van der Waals surface area contributed by atoms with Crippen LogP contribution in [0.4, 0.5) is 0 Å². The van der Waals surface area contributed by atoms with Crippen molar-refractivity contribution in [2.75, 3.05) is 6.26 Å². The molecular weight excluding hydrogens is 366 g/mol. The molecule has 1 atom stereocenters. The van der Waals surface area contributed by atoms with E-state index in [2.05, 4.69) is 5.32 Å². The van der Waals surface area contributed by atoms with Crippen LogP contribution in [0.3, 0.4) is 0 Å². The zero-order valence-corrected chi connectivity index (χ0v) is 16.4. The predicted molar refractivity (Wildman–Crippen MR) is 103 cm³/mol. The second-order valence-electron chi connectivity index (χ2n) is 6.52. The molecule has 0 saturated heterocycles. The Morgan fingerprint density at radius 1 is 1.07 bits per heavy atom. The van der Waals surface area contributed by atoms with Gasteiger partial charge in [0.2, 0.25) is 0 Å². The van der Waals surface area contributed by atoms with Gasteiger partial charge in [-0.3, -0.25) is 4.79 Å². The maximum atomic E-state index is 12.2. The average molecular weight is 389 g/mol. The van der Waals surface area contributed by atoms with Gasteiger partial charge >= 0.3 is 5.97 Å². The summed E-state index contributed by atoms with van der Waals surface area (Å²) in [6.07, 6.45) is 0.153. The molecule has 0 bridgehead atoms. The van der Waals surface area contributed by atoms with Crippen molar-refractivity contribution in [1.29, 1.82) is 0 Å². The lowest BCUT2D eigenvalue weighted by molar-refractivity contribution is -0.129. The van der Waals surface area contributed by atoms with Gasteiger partial charge in [-0.05, 0) is 37.1 Å². The number of esters is 1. The Bertz CT molecular complexity index is 920. The third-order valence-electron chi connectivity index (χ3n) is 3.83. The standard InChI is InChI=1S/C20H23NO5S/c1-14-7-9-16(10-8-14)12-21-19(22)15(2)26-20(23)18-6-4-5-17(11-18)13-27(3,24)25/h4-11,15H,12-13H2,1-3H3,(H,21,22)/t15-/m1/s1. The first-order chi connectivity index (χ1) is 12.6. The summed E-state index contributed by atoms with van der Waals surface area (Å²) in [6.45, 7) is 3.81. The molecule has 0 unspecified atom stereocenters. The van der Waals surface area contributed by atoms with Crippen LogP contribution < -0.4 is 5.32 Å². The highest BCUT2D eigenvalue weighted by Gasteiger charge is 2.19. The van der Waals surface area contributed by atoms with Crippen LogP contribution in [-0.4, -0.2) is 32.7 Å². The van der Waals surface area contributed by atoms with Crippen LogP contribution in [0.1, 0.15) is 34.0 Å². The Labute approximate surface area is 159 Å². The number of hydrogen-bond donors (Lipinski definition) is 1. The normalized spacial score (nSPS) is 12.3. The molecule has 0 spiro atoms. The molecule has 6 nitrogen and oxygen atoms in total. The van der Waals surface area contributed by atoms with Crippen molar-refractivity contribution in [3.05, 3.63) is 70.8 Å². The highest BCUT2D eigenvalue weighted by atomic mass is 32.2. The number of carbonyl (C=O) groups is 2. The molecular formula is C20H23NO5S. The smallest absolute Gasteiger partial charge is 0.338 e. The summed E-state index contributed by atoms with van der Waals surface area (Å²) in [5, 5.41) is 2.72. The van der Waals surface area contributed by atoms with E-state index in [1.165, 1.54) is 19.1 Å². The van der Waals surface area contributed by atoms with Gasteiger partial charge in [-0.25, -0.2) is 13.2 Å². The largest absolute Gasteiger partial charge is 0.449 e. The van der Waals surface area contributed by atoms with Crippen LogP contribution in [0.15, 0.2) is 48.5 Å². The van der Waals surface area contributed by atoms with Gasteiger partial charge in [-0.1, -0.05) is 42.0 Å². The van der Waals surface area contributed by atoms with E-state index in [1.807, 2.05) is 31.2 Å². The number of hydrogen-bond acceptors (Lipinski definition) is 5. The van der Waals surface area contributed by atoms with Crippen LogP contribution in [0.2, 0.25) is 0 Å². The number of carbonyl (C=O) groups excluding carboxylic acids is 2. The summed E-state index contributed by atoms with van der Waals surface area (Å²) in [5.74, 6) is -1.25. The second kappa shape index (κ2) is 8.81. The minimum Gasteiger partial charge on any atom is -0.449 e. The number of amides is 1. The molecule has 0 fully saturated rings. The van der Waals surface area contributed by atoms with Crippen molar-refractivity contribution < 1.29 is 22.7 Å². The fraction of sp³-hybridized carbons (Fsp3) is 0.300. The monoisotopic (exact) mass is 389 g/mol. The minimum absolute atomic E-state index is 0.166. The van der Waals surface area contributed by atoms with Crippen molar-refractivity contribution in [2.45, 2.75) is 32.2 Å². The Balaban J connectivity index is 1.93. The van der Waals surface area contributed by atoms with E-state index < -0.39 is 27.8 Å². The molecule has 1 N–H and O–H groups in total. The fourth-order valence-electron chi connectivity index (χ4n) is 2.41. The second-order valence-corrected chi connectivity index (χ2v) is 8.66. The van der Waals surface area contributed by atoms with Gasteiger partial charge in [0.1, 0.15) is 0 Å². The molecule has 0 aliphatic rings. The summed E-state index contributed by atoms with van der Waals surface area (Å²) in [7, 11) is -3.21. The quantitative estimate of drug-likeness (QED) is 0.735. The molecule has 0 heterocycles. The molecule has 0 aromatic heterocycles. The van der Waals surface area contributed by atoms with E-state index in [9.17, 15) is 18.0 Å². The van der Waals surface area contributed by atoms with Crippen molar-refractivity contribution in [2.24, 2.45) is 0 Å². The molecule has 0 radical (unpaired) electrons. The zero-order valence-electron chi connectivity index (χ0n) is 15.6. The molecule has 2 aromatic carbocycles. The van der Waals surface area contributed by atoms with E-state index in [0.29, 0.717) is 12.1 Å². The van der Waals surface area contributed by atoms with Crippen LogP contribution >= 0.6 is 0 Å². The Morgan fingerprint density at radius 2 is 1.74 bits per heavy atom. The summed E-state index contributed by atoms with van der Waals surface area (Å²) in [6, 6.07) is 13.9. The van der Waals surface area contributed by atoms with Gasteiger partial charge in [0.05, 0.1) is 11.3 Å². The number of benzene rings is 2. The van der Waals surface area contributed by atoms with Crippen molar-refractivity contribution in [3.8, 4) is 0 Å².